The lowest BCUT2D eigenvalue weighted by Crippen LogP contribution is -2.47. The van der Waals surface area contributed by atoms with Crippen LogP contribution in [0.3, 0.4) is 0 Å². The average molecular weight is 296 g/mol. The fourth-order valence-corrected chi connectivity index (χ4v) is 4.15. The summed E-state index contributed by atoms with van der Waals surface area (Å²) in [6.07, 6.45) is 9.47. The maximum Gasteiger partial charge on any atom is 0.0547 e. The second kappa shape index (κ2) is 8.50. The molecule has 0 radical (unpaired) electrons. The molecule has 0 aromatic heterocycles. The van der Waals surface area contributed by atoms with Crippen LogP contribution in [0.2, 0.25) is 0 Å². The summed E-state index contributed by atoms with van der Waals surface area (Å²) in [5.41, 5.74) is 0.353. The van der Waals surface area contributed by atoms with Gasteiger partial charge in [-0.3, -0.25) is 0 Å². The number of nitrogens with zero attached hydrogens (tertiary/aromatic N) is 1. The fraction of sp³-hybridized carbons (Fsp3) is 1.00. The van der Waals surface area contributed by atoms with Gasteiger partial charge in [-0.1, -0.05) is 20.3 Å². The lowest BCUT2D eigenvalue weighted by molar-refractivity contribution is 0.0822. The lowest BCUT2D eigenvalue weighted by atomic mass is 9.82. The van der Waals surface area contributed by atoms with Crippen LogP contribution in [-0.4, -0.2) is 50.8 Å². The molecule has 1 saturated carbocycles. The van der Waals surface area contributed by atoms with Crippen molar-refractivity contribution in [3.63, 3.8) is 0 Å². The number of nitrogens with one attached hydrogen (secondary N) is 1. The number of rotatable bonds is 8. The minimum absolute atomic E-state index is 0.353. The number of hydrogen-bond donors (Lipinski definition) is 1. The summed E-state index contributed by atoms with van der Waals surface area (Å²) in [4.78, 5) is 2.65. The van der Waals surface area contributed by atoms with Gasteiger partial charge < -0.3 is 15.0 Å². The first-order valence-electron chi connectivity index (χ1n) is 9.18. The van der Waals surface area contributed by atoms with Crippen LogP contribution in [0, 0.1) is 11.3 Å². The first-order valence-corrected chi connectivity index (χ1v) is 9.18. The predicted octanol–water partition coefficient (Wildman–Crippen LogP) is 3.29. The molecule has 3 heteroatoms. The van der Waals surface area contributed by atoms with Crippen molar-refractivity contribution < 1.29 is 4.74 Å². The third kappa shape index (κ3) is 4.94. The summed E-state index contributed by atoms with van der Waals surface area (Å²) in [5, 5.41) is 3.64. The highest BCUT2D eigenvalue weighted by molar-refractivity contribution is 4.90. The molecular weight excluding hydrogens is 260 g/mol. The van der Waals surface area contributed by atoms with Crippen molar-refractivity contribution in [2.75, 3.05) is 39.9 Å². The van der Waals surface area contributed by atoms with Gasteiger partial charge in [0.15, 0.2) is 0 Å². The van der Waals surface area contributed by atoms with Crippen LogP contribution in [0.5, 0.6) is 0 Å². The molecule has 2 aliphatic rings. The molecule has 3 nitrogen and oxygen atoms in total. The van der Waals surface area contributed by atoms with Crippen molar-refractivity contribution in [3.05, 3.63) is 0 Å². The van der Waals surface area contributed by atoms with E-state index in [9.17, 15) is 0 Å². The topological polar surface area (TPSA) is 24.5 Å². The van der Waals surface area contributed by atoms with E-state index >= 15 is 0 Å². The molecule has 2 rings (SSSR count). The Morgan fingerprint density at radius 3 is 2.52 bits per heavy atom. The zero-order valence-electron chi connectivity index (χ0n) is 14.5. The van der Waals surface area contributed by atoms with Crippen LogP contribution in [0.25, 0.3) is 0 Å². The van der Waals surface area contributed by atoms with Gasteiger partial charge in [0.05, 0.1) is 6.61 Å². The highest BCUT2D eigenvalue weighted by atomic mass is 16.5. The van der Waals surface area contributed by atoms with Gasteiger partial charge in [-0.2, -0.15) is 0 Å². The Morgan fingerprint density at radius 1 is 1.19 bits per heavy atom. The summed E-state index contributed by atoms with van der Waals surface area (Å²) in [7, 11) is 2.34. The molecule has 1 heterocycles. The molecule has 0 aromatic carbocycles. The van der Waals surface area contributed by atoms with Gasteiger partial charge in [0.25, 0.3) is 0 Å². The highest BCUT2D eigenvalue weighted by Gasteiger charge is 2.37. The van der Waals surface area contributed by atoms with Gasteiger partial charge in [-0.05, 0) is 58.0 Å². The van der Waals surface area contributed by atoms with Gasteiger partial charge in [0.2, 0.25) is 0 Å². The van der Waals surface area contributed by atoms with E-state index in [1.807, 2.05) is 0 Å². The smallest absolute Gasteiger partial charge is 0.0547 e. The van der Waals surface area contributed by atoms with E-state index < -0.39 is 0 Å². The third-order valence-electron chi connectivity index (χ3n) is 5.71. The molecule has 0 spiro atoms. The lowest BCUT2D eigenvalue weighted by Gasteiger charge is -2.39. The molecule has 1 aliphatic carbocycles. The van der Waals surface area contributed by atoms with Crippen molar-refractivity contribution in [1.82, 2.24) is 10.2 Å². The number of hydrogen-bond acceptors (Lipinski definition) is 3. The van der Waals surface area contributed by atoms with Crippen LogP contribution in [0.4, 0.5) is 0 Å². The maximum atomic E-state index is 5.75. The summed E-state index contributed by atoms with van der Waals surface area (Å²) < 4.78 is 5.75. The predicted molar refractivity (Wildman–Crippen MR) is 89.7 cm³/mol. The molecule has 1 aliphatic heterocycles. The molecule has 0 amide bonds. The first-order chi connectivity index (χ1) is 10.2. The van der Waals surface area contributed by atoms with Gasteiger partial charge >= 0.3 is 0 Å². The van der Waals surface area contributed by atoms with E-state index in [4.69, 9.17) is 4.74 Å². The second-order valence-corrected chi connectivity index (χ2v) is 7.48. The van der Waals surface area contributed by atoms with Gasteiger partial charge in [0.1, 0.15) is 0 Å². The average Bonchev–Trinajstić information content (AvgIpc) is 2.96. The minimum Gasteiger partial charge on any atom is -0.381 e. The zero-order valence-corrected chi connectivity index (χ0v) is 14.5. The quantitative estimate of drug-likeness (QED) is 0.696. The maximum absolute atomic E-state index is 5.75. The Labute approximate surface area is 131 Å². The molecule has 1 N–H and O–H groups in total. The molecule has 1 atom stereocenters. The Kier molecular flexibility index (Phi) is 6.97. The molecule has 0 aromatic rings. The SMILES string of the molecule is CCCNCC1(CN(C)C2CCC(CC)CC2)CCOC1. The normalized spacial score (nSPS) is 33.7. The van der Waals surface area contributed by atoms with Crippen molar-refractivity contribution in [3.8, 4) is 0 Å². The van der Waals surface area contributed by atoms with Crippen LogP contribution < -0.4 is 5.32 Å². The Bertz CT molecular complexity index is 281. The van der Waals surface area contributed by atoms with E-state index in [1.54, 1.807) is 0 Å². The summed E-state index contributed by atoms with van der Waals surface area (Å²) >= 11 is 0. The molecule has 21 heavy (non-hydrogen) atoms. The summed E-state index contributed by atoms with van der Waals surface area (Å²) in [6.45, 7) is 9.93. The van der Waals surface area contributed by atoms with Crippen molar-refractivity contribution in [2.45, 2.75) is 64.8 Å². The van der Waals surface area contributed by atoms with Crippen LogP contribution in [0.15, 0.2) is 0 Å². The molecule has 0 bridgehead atoms. The minimum atomic E-state index is 0.353. The van der Waals surface area contributed by atoms with Crippen molar-refractivity contribution >= 4 is 0 Å². The molecule has 124 valence electrons. The first kappa shape index (κ1) is 17.2. The number of ether oxygens (including phenoxy) is 1. The molecule has 2 fully saturated rings. The summed E-state index contributed by atoms with van der Waals surface area (Å²) in [5.74, 6) is 0.990. The van der Waals surface area contributed by atoms with Crippen LogP contribution in [0.1, 0.15) is 58.8 Å². The largest absolute Gasteiger partial charge is 0.381 e. The van der Waals surface area contributed by atoms with E-state index in [0.717, 1.165) is 38.3 Å². The van der Waals surface area contributed by atoms with E-state index in [0.29, 0.717) is 5.41 Å². The zero-order chi connectivity index (χ0) is 15.1. The highest BCUT2D eigenvalue weighted by Crippen LogP contribution is 2.33. The Hall–Kier alpha value is -0.120. The van der Waals surface area contributed by atoms with E-state index in [1.165, 1.54) is 51.5 Å². The summed E-state index contributed by atoms with van der Waals surface area (Å²) in [6, 6.07) is 0.802. The Balaban J connectivity index is 1.82. The molecule has 1 unspecified atom stereocenters. The van der Waals surface area contributed by atoms with Crippen molar-refractivity contribution in [1.29, 1.82) is 0 Å². The third-order valence-corrected chi connectivity index (χ3v) is 5.71. The van der Waals surface area contributed by atoms with Crippen LogP contribution in [-0.2, 0) is 4.74 Å². The molecule has 1 saturated heterocycles. The van der Waals surface area contributed by atoms with E-state index in [-0.39, 0.29) is 0 Å². The van der Waals surface area contributed by atoms with Gasteiger partial charge in [-0.25, -0.2) is 0 Å². The monoisotopic (exact) mass is 296 g/mol. The van der Waals surface area contributed by atoms with E-state index in [2.05, 4.69) is 31.1 Å². The molecular formula is C18H36N2O. The van der Waals surface area contributed by atoms with Crippen molar-refractivity contribution in [2.24, 2.45) is 11.3 Å². The standard InChI is InChI=1S/C18H36N2O/c1-4-11-19-13-18(10-12-21-15-18)14-20(3)17-8-6-16(5-2)7-9-17/h16-17,19H,4-15H2,1-3H3. The van der Waals surface area contributed by atoms with Gasteiger partial charge in [0, 0.05) is 31.2 Å². The van der Waals surface area contributed by atoms with Crippen LogP contribution >= 0.6 is 0 Å². The van der Waals surface area contributed by atoms with Gasteiger partial charge in [-0.15, -0.1) is 0 Å². The Morgan fingerprint density at radius 2 is 1.95 bits per heavy atom. The fourth-order valence-electron chi connectivity index (χ4n) is 4.15. The second-order valence-electron chi connectivity index (χ2n) is 7.48.